The van der Waals surface area contributed by atoms with Gasteiger partial charge in [-0.25, -0.2) is 0 Å². The maximum Gasteiger partial charge on any atom is 0.200 e. The van der Waals surface area contributed by atoms with Crippen molar-refractivity contribution in [1.29, 1.82) is 0 Å². The maximum absolute atomic E-state index is 11.9. The number of ketones is 1. The number of benzene rings is 1. The molecule has 0 spiro atoms. The highest BCUT2D eigenvalue weighted by atomic mass is 32.2. The van der Waals surface area contributed by atoms with Crippen molar-refractivity contribution in [2.75, 3.05) is 0 Å². The van der Waals surface area contributed by atoms with Gasteiger partial charge in [-0.15, -0.1) is 11.8 Å². The van der Waals surface area contributed by atoms with Crippen LogP contribution < -0.4 is 0 Å². The van der Waals surface area contributed by atoms with E-state index >= 15 is 0 Å². The minimum atomic E-state index is 0.104. The Balaban J connectivity index is 2.21. The van der Waals surface area contributed by atoms with E-state index in [-0.39, 0.29) is 5.78 Å². The Labute approximate surface area is 91.3 Å². The van der Waals surface area contributed by atoms with Gasteiger partial charge in [0.05, 0.1) is 4.91 Å². The number of allylic oxidation sites excluding steroid dienone is 1. The van der Waals surface area contributed by atoms with Crippen LogP contribution in [0.2, 0.25) is 0 Å². The van der Waals surface area contributed by atoms with E-state index in [0.717, 1.165) is 10.5 Å². The van der Waals surface area contributed by atoms with Crippen LogP contribution in [0, 0.1) is 0 Å². The predicted octanol–water partition coefficient (Wildman–Crippen LogP) is 3.66. The molecule has 1 nitrogen and oxygen atoms in total. The fourth-order valence-electron chi connectivity index (χ4n) is 1.10. The minimum Gasteiger partial charge on any atom is -0.288 e. The molecule has 0 saturated carbocycles. The third-order valence-electron chi connectivity index (χ3n) is 1.76. The SMILES string of the molecule is O=C(C1=CSC=CS1)c1ccccc1. The van der Waals surface area contributed by atoms with Gasteiger partial charge in [-0.3, -0.25) is 4.79 Å². The summed E-state index contributed by atoms with van der Waals surface area (Å²) in [6.45, 7) is 0. The van der Waals surface area contributed by atoms with Gasteiger partial charge >= 0.3 is 0 Å². The van der Waals surface area contributed by atoms with Gasteiger partial charge in [-0.1, -0.05) is 42.1 Å². The molecule has 0 amide bonds. The molecule has 3 heteroatoms. The van der Waals surface area contributed by atoms with E-state index in [9.17, 15) is 4.79 Å². The Morgan fingerprint density at radius 1 is 1.07 bits per heavy atom. The second kappa shape index (κ2) is 4.53. The largest absolute Gasteiger partial charge is 0.288 e. The third-order valence-corrected chi connectivity index (χ3v) is 3.58. The van der Waals surface area contributed by atoms with Crippen LogP contribution in [-0.4, -0.2) is 5.78 Å². The molecule has 0 saturated heterocycles. The summed E-state index contributed by atoms with van der Waals surface area (Å²) in [5, 5.41) is 5.78. The van der Waals surface area contributed by atoms with Crippen LogP contribution in [0.3, 0.4) is 0 Å². The number of hydrogen-bond donors (Lipinski definition) is 0. The second-order valence-electron chi connectivity index (χ2n) is 2.70. The Morgan fingerprint density at radius 3 is 2.50 bits per heavy atom. The van der Waals surface area contributed by atoms with E-state index in [1.165, 1.54) is 11.8 Å². The van der Waals surface area contributed by atoms with Crippen LogP contribution in [0.1, 0.15) is 10.4 Å². The summed E-state index contributed by atoms with van der Waals surface area (Å²) in [5.41, 5.74) is 0.752. The average Bonchev–Trinajstić information content (AvgIpc) is 2.30. The van der Waals surface area contributed by atoms with Gasteiger partial charge < -0.3 is 0 Å². The molecule has 0 radical (unpaired) electrons. The molecular weight excluding hydrogens is 212 g/mol. The van der Waals surface area contributed by atoms with Gasteiger partial charge in [-0.05, 0) is 16.2 Å². The van der Waals surface area contributed by atoms with Gasteiger partial charge in [0.2, 0.25) is 0 Å². The summed E-state index contributed by atoms with van der Waals surface area (Å²) < 4.78 is 0. The van der Waals surface area contributed by atoms with Gasteiger partial charge in [0.1, 0.15) is 0 Å². The summed E-state index contributed by atoms with van der Waals surface area (Å²) in [7, 11) is 0. The molecule has 0 aromatic heterocycles. The van der Waals surface area contributed by atoms with Crippen molar-refractivity contribution in [3.63, 3.8) is 0 Å². The van der Waals surface area contributed by atoms with E-state index in [4.69, 9.17) is 0 Å². The average molecular weight is 220 g/mol. The predicted molar refractivity (Wildman–Crippen MR) is 63.2 cm³/mol. The lowest BCUT2D eigenvalue weighted by molar-refractivity contribution is 0.104. The normalized spacial score (nSPS) is 15.0. The first-order chi connectivity index (χ1) is 6.88. The summed E-state index contributed by atoms with van der Waals surface area (Å²) in [4.78, 5) is 12.7. The zero-order chi connectivity index (χ0) is 9.80. The van der Waals surface area contributed by atoms with Gasteiger partial charge in [0, 0.05) is 5.56 Å². The quantitative estimate of drug-likeness (QED) is 0.708. The molecule has 0 N–H and O–H groups in total. The van der Waals surface area contributed by atoms with Crippen molar-refractivity contribution >= 4 is 29.3 Å². The van der Waals surface area contributed by atoms with Crippen molar-refractivity contribution in [2.45, 2.75) is 0 Å². The summed E-state index contributed by atoms with van der Waals surface area (Å²) >= 11 is 3.02. The fraction of sp³-hybridized carbons (Fsp3) is 0. The van der Waals surface area contributed by atoms with Gasteiger partial charge in [0.15, 0.2) is 5.78 Å². The van der Waals surface area contributed by atoms with E-state index in [1.54, 1.807) is 11.8 Å². The van der Waals surface area contributed by atoms with Crippen molar-refractivity contribution in [1.82, 2.24) is 0 Å². The van der Waals surface area contributed by atoms with E-state index in [1.807, 2.05) is 46.6 Å². The Bertz CT molecular complexity index is 393. The highest BCUT2D eigenvalue weighted by Crippen LogP contribution is 2.30. The van der Waals surface area contributed by atoms with Crippen molar-refractivity contribution in [3.05, 3.63) is 57.0 Å². The fourth-order valence-corrected chi connectivity index (χ4v) is 2.65. The molecule has 1 aliphatic rings. The van der Waals surface area contributed by atoms with Crippen LogP contribution in [0.5, 0.6) is 0 Å². The summed E-state index contributed by atoms with van der Waals surface area (Å²) in [5.74, 6) is 0.104. The molecule has 2 rings (SSSR count). The second-order valence-corrected chi connectivity index (χ2v) is 4.43. The van der Waals surface area contributed by atoms with Crippen LogP contribution in [-0.2, 0) is 0 Å². The number of Topliss-reactive ketones (excluding diaryl/α,β-unsaturated/α-hetero) is 1. The topological polar surface area (TPSA) is 17.1 Å². The molecule has 1 aromatic carbocycles. The Morgan fingerprint density at radius 2 is 1.86 bits per heavy atom. The smallest absolute Gasteiger partial charge is 0.200 e. The number of rotatable bonds is 2. The minimum absolute atomic E-state index is 0.104. The van der Waals surface area contributed by atoms with Crippen LogP contribution in [0.15, 0.2) is 51.5 Å². The van der Waals surface area contributed by atoms with Crippen LogP contribution in [0.4, 0.5) is 0 Å². The maximum atomic E-state index is 11.9. The molecule has 14 heavy (non-hydrogen) atoms. The molecule has 0 fully saturated rings. The summed E-state index contributed by atoms with van der Waals surface area (Å²) in [6.07, 6.45) is 0. The van der Waals surface area contributed by atoms with Crippen molar-refractivity contribution < 1.29 is 4.79 Å². The molecular formula is C11H8OS2. The lowest BCUT2D eigenvalue weighted by atomic mass is 10.1. The molecule has 1 aliphatic heterocycles. The van der Waals surface area contributed by atoms with E-state index in [0.29, 0.717) is 0 Å². The van der Waals surface area contributed by atoms with Crippen LogP contribution in [0.25, 0.3) is 0 Å². The Hall–Kier alpha value is -0.930. The third kappa shape index (κ3) is 2.11. The zero-order valence-corrected chi connectivity index (χ0v) is 8.98. The molecule has 1 aromatic rings. The molecule has 0 bridgehead atoms. The number of carbonyl (C=O) groups is 1. The van der Waals surface area contributed by atoms with Crippen molar-refractivity contribution in [2.24, 2.45) is 0 Å². The lowest BCUT2D eigenvalue weighted by Crippen LogP contribution is -1.99. The first kappa shape index (κ1) is 9.62. The van der Waals surface area contributed by atoms with Crippen LogP contribution >= 0.6 is 23.5 Å². The van der Waals surface area contributed by atoms with Gasteiger partial charge in [-0.2, -0.15) is 0 Å². The van der Waals surface area contributed by atoms with Gasteiger partial charge in [0.25, 0.3) is 0 Å². The molecule has 1 heterocycles. The molecule has 0 atom stereocenters. The standard InChI is InChI=1S/C11H8OS2/c12-11(9-4-2-1-3-5-9)10-8-13-6-7-14-10/h1-8H. The highest BCUT2D eigenvalue weighted by Gasteiger charge is 2.12. The Kier molecular flexibility index (Phi) is 3.11. The zero-order valence-electron chi connectivity index (χ0n) is 7.34. The first-order valence-corrected chi connectivity index (χ1v) is 5.97. The highest BCUT2D eigenvalue weighted by molar-refractivity contribution is 8.12. The molecule has 0 aliphatic carbocycles. The number of hydrogen-bond acceptors (Lipinski definition) is 3. The monoisotopic (exact) mass is 220 g/mol. The molecule has 0 unspecified atom stereocenters. The van der Waals surface area contributed by atoms with E-state index in [2.05, 4.69) is 0 Å². The first-order valence-electron chi connectivity index (χ1n) is 4.15. The lowest BCUT2D eigenvalue weighted by Gasteiger charge is -2.05. The number of thioether (sulfide) groups is 2. The summed E-state index contributed by atoms with van der Waals surface area (Å²) in [6, 6.07) is 9.35. The van der Waals surface area contributed by atoms with E-state index < -0.39 is 0 Å². The molecule has 70 valence electrons. The number of carbonyl (C=O) groups excluding carboxylic acids is 1. The van der Waals surface area contributed by atoms with Crippen molar-refractivity contribution in [3.8, 4) is 0 Å².